The second kappa shape index (κ2) is 9.85. The smallest absolute Gasteiger partial charge is 0.255 e. The quantitative estimate of drug-likeness (QED) is 0.696. The summed E-state index contributed by atoms with van der Waals surface area (Å²) in [5.74, 6) is 1.14. The van der Waals surface area contributed by atoms with Crippen LogP contribution in [-0.4, -0.2) is 51.2 Å². The average Bonchev–Trinajstić information content (AvgIpc) is 2.59. The van der Waals surface area contributed by atoms with Crippen LogP contribution in [0.15, 0.2) is 12.1 Å². The predicted octanol–water partition coefficient (Wildman–Crippen LogP) is 2.03. The van der Waals surface area contributed by atoms with Crippen LogP contribution in [0.2, 0.25) is 5.02 Å². The topological polar surface area (TPSA) is 76.8 Å². The lowest BCUT2D eigenvalue weighted by molar-refractivity contribution is -0.119. The number of amides is 1. The molecule has 1 fully saturated rings. The third kappa shape index (κ3) is 6.06. The fourth-order valence-electron chi connectivity index (χ4n) is 3.19. The van der Waals surface area contributed by atoms with Crippen LogP contribution in [0.3, 0.4) is 0 Å². The van der Waals surface area contributed by atoms with Crippen molar-refractivity contribution in [2.45, 2.75) is 25.8 Å². The normalized spacial score (nSPS) is 16.0. The highest BCUT2D eigenvalue weighted by atomic mass is 35.5. The molecule has 2 rings (SSSR count). The second-order valence-corrected chi connectivity index (χ2v) is 6.88. The van der Waals surface area contributed by atoms with E-state index >= 15 is 0 Å². The zero-order valence-electron chi connectivity index (χ0n) is 15.0. The number of nitrogens with one attached hydrogen (secondary N) is 1. The second-order valence-electron chi connectivity index (χ2n) is 6.48. The SMILES string of the molecule is CNCCC1CCN(Cc2cc(Cl)c(OCC(N)=O)c(OC)c2)CC1. The molecule has 1 aliphatic heterocycles. The molecule has 1 aliphatic rings. The number of methoxy groups -OCH3 is 1. The molecule has 140 valence electrons. The van der Waals surface area contributed by atoms with Crippen molar-refractivity contribution in [1.29, 1.82) is 0 Å². The van der Waals surface area contributed by atoms with E-state index in [1.54, 1.807) is 7.11 Å². The number of nitrogens with zero attached hydrogens (tertiary/aromatic N) is 1. The Hall–Kier alpha value is -1.50. The number of likely N-dealkylation sites (tertiary alicyclic amines) is 1. The van der Waals surface area contributed by atoms with Crippen molar-refractivity contribution >= 4 is 17.5 Å². The molecule has 0 saturated carbocycles. The maximum atomic E-state index is 10.9. The minimum absolute atomic E-state index is 0.227. The number of piperidine rings is 1. The van der Waals surface area contributed by atoms with Crippen molar-refractivity contribution in [1.82, 2.24) is 10.2 Å². The van der Waals surface area contributed by atoms with E-state index in [-0.39, 0.29) is 6.61 Å². The van der Waals surface area contributed by atoms with Gasteiger partial charge >= 0.3 is 0 Å². The third-order valence-electron chi connectivity index (χ3n) is 4.56. The van der Waals surface area contributed by atoms with Gasteiger partial charge in [-0.3, -0.25) is 9.69 Å². The maximum Gasteiger partial charge on any atom is 0.255 e. The molecule has 3 N–H and O–H groups in total. The number of hydrogen-bond acceptors (Lipinski definition) is 5. The summed E-state index contributed by atoms with van der Waals surface area (Å²) in [4.78, 5) is 13.3. The first-order chi connectivity index (χ1) is 12.0. The number of nitrogens with two attached hydrogens (primary N) is 1. The first kappa shape index (κ1) is 19.8. The highest BCUT2D eigenvalue weighted by molar-refractivity contribution is 6.32. The van der Waals surface area contributed by atoms with Crippen LogP contribution < -0.4 is 20.5 Å². The van der Waals surface area contributed by atoms with Crippen molar-refractivity contribution in [3.8, 4) is 11.5 Å². The van der Waals surface area contributed by atoms with Crippen LogP contribution >= 0.6 is 11.6 Å². The number of hydrogen-bond donors (Lipinski definition) is 2. The van der Waals surface area contributed by atoms with E-state index < -0.39 is 5.91 Å². The van der Waals surface area contributed by atoms with E-state index in [1.165, 1.54) is 19.3 Å². The highest BCUT2D eigenvalue weighted by Crippen LogP contribution is 2.37. The van der Waals surface area contributed by atoms with Crippen LogP contribution in [0.5, 0.6) is 11.5 Å². The Balaban J connectivity index is 1.96. The Labute approximate surface area is 154 Å². The number of benzene rings is 1. The summed E-state index contributed by atoms with van der Waals surface area (Å²) >= 11 is 6.31. The molecule has 0 aromatic heterocycles. The highest BCUT2D eigenvalue weighted by Gasteiger charge is 2.20. The summed E-state index contributed by atoms with van der Waals surface area (Å²) in [6, 6.07) is 3.78. The Bertz CT molecular complexity index is 575. The molecule has 0 bridgehead atoms. The van der Waals surface area contributed by atoms with Gasteiger partial charge in [-0.2, -0.15) is 0 Å². The zero-order chi connectivity index (χ0) is 18.2. The lowest BCUT2D eigenvalue weighted by Gasteiger charge is -2.32. The largest absolute Gasteiger partial charge is 0.493 e. The van der Waals surface area contributed by atoms with Crippen molar-refractivity contribution in [2.24, 2.45) is 11.7 Å². The van der Waals surface area contributed by atoms with Gasteiger partial charge in [0.05, 0.1) is 12.1 Å². The van der Waals surface area contributed by atoms with Crippen molar-refractivity contribution in [3.05, 3.63) is 22.7 Å². The number of carbonyl (C=O) groups is 1. The van der Waals surface area contributed by atoms with Crippen LogP contribution in [0.1, 0.15) is 24.8 Å². The van der Waals surface area contributed by atoms with E-state index in [0.29, 0.717) is 16.5 Å². The van der Waals surface area contributed by atoms with Gasteiger partial charge in [-0.1, -0.05) is 11.6 Å². The standard InChI is InChI=1S/C18H28ClN3O3/c1-21-6-3-13-4-7-22(8-5-13)11-14-9-15(19)18(16(10-14)24-2)25-12-17(20)23/h9-10,13,21H,3-8,11-12H2,1-2H3,(H2,20,23). The molecule has 6 nitrogen and oxygen atoms in total. The van der Waals surface area contributed by atoms with Crippen molar-refractivity contribution in [2.75, 3.05) is 40.4 Å². The molecule has 1 saturated heterocycles. The molecule has 1 aromatic rings. The Morgan fingerprint density at radius 2 is 2.12 bits per heavy atom. The van der Waals surface area contributed by atoms with Gasteiger partial charge in [-0.15, -0.1) is 0 Å². The Morgan fingerprint density at radius 3 is 2.72 bits per heavy atom. The first-order valence-electron chi connectivity index (χ1n) is 8.68. The Kier molecular flexibility index (Phi) is 7.81. The predicted molar refractivity (Wildman–Crippen MR) is 99.2 cm³/mol. The van der Waals surface area contributed by atoms with Gasteiger partial charge in [0.25, 0.3) is 5.91 Å². The van der Waals surface area contributed by atoms with Gasteiger partial charge in [0.2, 0.25) is 0 Å². The summed E-state index contributed by atoms with van der Waals surface area (Å²) in [7, 11) is 3.56. The number of ether oxygens (including phenoxy) is 2. The lowest BCUT2D eigenvalue weighted by atomic mass is 9.93. The number of primary amides is 1. The van der Waals surface area contributed by atoms with Crippen molar-refractivity contribution < 1.29 is 14.3 Å². The summed E-state index contributed by atoms with van der Waals surface area (Å²) in [5.41, 5.74) is 6.19. The van der Waals surface area contributed by atoms with E-state index in [0.717, 1.165) is 37.7 Å². The van der Waals surface area contributed by atoms with Gasteiger partial charge in [-0.25, -0.2) is 0 Å². The van der Waals surface area contributed by atoms with E-state index in [2.05, 4.69) is 10.2 Å². The Morgan fingerprint density at radius 1 is 1.40 bits per heavy atom. The first-order valence-corrected chi connectivity index (χ1v) is 9.05. The van der Waals surface area contributed by atoms with Gasteiger partial charge in [0, 0.05) is 6.54 Å². The zero-order valence-corrected chi connectivity index (χ0v) is 15.8. The number of halogens is 1. The number of rotatable bonds is 9. The molecule has 7 heteroatoms. The van der Waals surface area contributed by atoms with Crippen molar-refractivity contribution in [3.63, 3.8) is 0 Å². The minimum Gasteiger partial charge on any atom is -0.493 e. The molecule has 0 radical (unpaired) electrons. The molecule has 1 aromatic carbocycles. The monoisotopic (exact) mass is 369 g/mol. The molecule has 0 unspecified atom stereocenters. The van der Waals surface area contributed by atoms with E-state index in [1.807, 2.05) is 19.2 Å². The molecule has 25 heavy (non-hydrogen) atoms. The molecular formula is C18H28ClN3O3. The van der Waals surface area contributed by atoms with Gasteiger partial charge < -0.3 is 20.5 Å². The minimum atomic E-state index is -0.552. The van der Waals surface area contributed by atoms with E-state index in [4.69, 9.17) is 26.8 Å². The third-order valence-corrected chi connectivity index (χ3v) is 4.84. The lowest BCUT2D eigenvalue weighted by Crippen LogP contribution is -2.34. The molecule has 1 heterocycles. The van der Waals surface area contributed by atoms with E-state index in [9.17, 15) is 4.79 Å². The van der Waals surface area contributed by atoms with Gasteiger partial charge in [0.15, 0.2) is 18.1 Å². The molecule has 1 amide bonds. The average molecular weight is 370 g/mol. The fourth-order valence-corrected chi connectivity index (χ4v) is 3.48. The van der Waals surface area contributed by atoms with Gasteiger partial charge in [0.1, 0.15) is 0 Å². The summed E-state index contributed by atoms with van der Waals surface area (Å²) < 4.78 is 10.7. The molecule has 0 spiro atoms. The van der Waals surface area contributed by atoms with Crippen LogP contribution in [-0.2, 0) is 11.3 Å². The summed E-state index contributed by atoms with van der Waals surface area (Å²) in [5, 5.41) is 3.65. The fraction of sp³-hybridized carbons (Fsp3) is 0.611. The number of carbonyl (C=O) groups excluding carboxylic acids is 1. The summed E-state index contributed by atoms with van der Waals surface area (Å²) in [6.07, 6.45) is 3.70. The molecule has 0 atom stereocenters. The van der Waals surface area contributed by atoms with Crippen LogP contribution in [0, 0.1) is 5.92 Å². The molecular weight excluding hydrogens is 342 g/mol. The van der Waals surface area contributed by atoms with Crippen LogP contribution in [0.4, 0.5) is 0 Å². The maximum absolute atomic E-state index is 10.9. The summed E-state index contributed by atoms with van der Waals surface area (Å²) in [6.45, 7) is 3.87. The van der Waals surface area contributed by atoms with Gasteiger partial charge in [-0.05, 0) is 69.6 Å². The van der Waals surface area contributed by atoms with Crippen LogP contribution in [0.25, 0.3) is 0 Å². The molecule has 0 aliphatic carbocycles.